The average molecular weight is 307 g/mol. The molecular formula is C17H25NO4. The van der Waals surface area contributed by atoms with E-state index < -0.39 is 12.0 Å². The molecule has 1 heterocycles. The lowest BCUT2D eigenvalue weighted by atomic mass is 9.87. The molecule has 1 fully saturated rings. The fourth-order valence-corrected chi connectivity index (χ4v) is 2.82. The van der Waals surface area contributed by atoms with Gasteiger partial charge in [0.05, 0.1) is 19.3 Å². The van der Waals surface area contributed by atoms with Gasteiger partial charge < -0.3 is 14.6 Å². The van der Waals surface area contributed by atoms with Crippen molar-refractivity contribution in [2.45, 2.75) is 32.9 Å². The second-order valence-electron chi connectivity index (χ2n) is 6.69. The smallest absolute Gasteiger partial charge is 0.325 e. The largest absolute Gasteiger partial charge is 0.491 e. The van der Waals surface area contributed by atoms with Gasteiger partial charge in [-0.2, -0.15) is 0 Å². The lowest BCUT2D eigenvalue weighted by molar-refractivity contribution is -0.148. The fourth-order valence-electron chi connectivity index (χ4n) is 2.82. The van der Waals surface area contributed by atoms with E-state index in [2.05, 4.69) is 6.92 Å². The maximum Gasteiger partial charge on any atom is 0.325 e. The third-order valence-corrected chi connectivity index (χ3v) is 3.77. The van der Waals surface area contributed by atoms with Gasteiger partial charge >= 0.3 is 5.97 Å². The highest BCUT2D eigenvalue weighted by molar-refractivity contribution is 5.75. The number of ether oxygens (including phenoxy) is 2. The monoisotopic (exact) mass is 307 g/mol. The van der Waals surface area contributed by atoms with Crippen LogP contribution in [0.15, 0.2) is 24.3 Å². The number of rotatable bonds is 7. The number of aliphatic carboxylic acids is 1. The number of benzene rings is 1. The Balaban J connectivity index is 2.11. The molecule has 1 unspecified atom stereocenters. The third-order valence-electron chi connectivity index (χ3n) is 3.77. The number of carboxylic acid groups (broad SMARTS) is 1. The summed E-state index contributed by atoms with van der Waals surface area (Å²) in [5.41, 5.74) is 0.804. The summed E-state index contributed by atoms with van der Waals surface area (Å²) in [6.07, 6.45) is 0.0994. The highest BCUT2D eigenvalue weighted by Gasteiger charge is 2.37. The van der Waals surface area contributed by atoms with Crippen molar-refractivity contribution in [2.24, 2.45) is 5.41 Å². The van der Waals surface area contributed by atoms with Crippen LogP contribution >= 0.6 is 0 Å². The van der Waals surface area contributed by atoms with Gasteiger partial charge in [0.15, 0.2) is 0 Å². The van der Waals surface area contributed by atoms with Crippen molar-refractivity contribution in [3.63, 3.8) is 0 Å². The van der Waals surface area contributed by atoms with Gasteiger partial charge in [-0.05, 0) is 38.6 Å². The van der Waals surface area contributed by atoms with Crippen LogP contribution in [0.1, 0.15) is 32.4 Å². The van der Waals surface area contributed by atoms with Crippen LogP contribution in [0.2, 0.25) is 0 Å². The second kappa shape index (κ2) is 6.67. The van der Waals surface area contributed by atoms with Crippen LogP contribution in [-0.2, 0) is 9.53 Å². The van der Waals surface area contributed by atoms with Gasteiger partial charge in [-0.1, -0.05) is 19.1 Å². The standard InChI is InChI=1S/C17H25NO4/c1-12(2)22-14-7-5-13(6-8-14)15(16(19)20)18(4)9-17(3)10-21-11-17/h5-8,12,15H,9-11H2,1-4H3,(H,19,20). The van der Waals surface area contributed by atoms with Crippen molar-refractivity contribution in [1.29, 1.82) is 0 Å². The topological polar surface area (TPSA) is 59.0 Å². The Hall–Kier alpha value is -1.59. The van der Waals surface area contributed by atoms with Gasteiger partial charge in [0.1, 0.15) is 11.8 Å². The Bertz CT molecular complexity index is 508. The van der Waals surface area contributed by atoms with Crippen molar-refractivity contribution >= 4 is 5.97 Å². The summed E-state index contributed by atoms with van der Waals surface area (Å²) in [4.78, 5) is 13.6. The average Bonchev–Trinajstić information content (AvgIpc) is 2.38. The van der Waals surface area contributed by atoms with Gasteiger partial charge in [0, 0.05) is 12.0 Å². The second-order valence-corrected chi connectivity index (χ2v) is 6.69. The van der Waals surface area contributed by atoms with Gasteiger partial charge in [-0.15, -0.1) is 0 Å². The first-order valence-electron chi connectivity index (χ1n) is 7.58. The van der Waals surface area contributed by atoms with Gasteiger partial charge in [0.2, 0.25) is 0 Å². The van der Waals surface area contributed by atoms with E-state index in [-0.39, 0.29) is 11.5 Å². The molecule has 5 nitrogen and oxygen atoms in total. The van der Waals surface area contributed by atoms with E-state index >= 15 is 0 Å². The zero-order valence-corrected chi connectivity index (χ0v) is 13.7. The van der Waals surface area contributed by atoms with Crippen molar-refractivity contribution in [2.75, 3.05) is 26.8 Å². The molecule has 0 aliphatic carbocycles. The third kappa shape index (κ3) is 3.99. The Labute approximate surface area is 131 Å². The molecule has 1 saturated heterocycles. The van der Waals surface area contributed by atoms with E-state index in [0.29, 0.717) is 19.8 Å². The summed E-state index contributed by atoms with van der Waals surface area (Å²) in [5, 5.41) is 9.60. The molecule has 1 N–H and O–H groups in total. The first kappa shape index (κ1) is 16.8. The lowest BCUT2D eigenvalue weighted by Gasteiger charge is -2.42. The number of hydrogen-bond donors (Lipinski definition) is 1. The van der Waals surface area contributed by atoms with Crippen LogP contribution < -0.4 is 4.74 Å². The van der Waals surface area contributed by atoms with Crippen molar-refractivity contribution in [1.82, 2.24) is 4.90 Å². The normalized spacial score (nSPS) is 18.1. The van der Waals surface area contributed by atoms with Gasteiger partial charge in [-0.25, -0.2) is 0 Å². The Kier molecular flexibility index (Phi) is 5.08. The van der Waals surface area contributed by atoms with Crippen molar-refractivity contribution in [3.05, 3.63) is 29.8 Å². The van der Waals surface area contributed by atoms with E-state index in [1.165, 1.54) is 0 Å². The Morgan fingerprint density at radius 2 is 1.95 bits per heavy atom. The minimum Gasteiger partial charge on any atom is -0.491 e. The first-order chi connectivity index (χ1) is 10.3. The van der Waals surface area contributed by atoms with Gasteiger partial charge in [0.25, 0.3) is 0 Å². The molecular weight excluding hydrogens is 282 g/mol. The summed E-state index contributed by atoms with van der Waals surface area (Å²) in [7, 11) is 1.85. The SMILES string of the molecule is CC(C)Oc1ccc(C(C(=O)O)N(C)CC2(C)COC2)cc1. The maximum absolute atomic E-state index is 11.7. The summed E-state index contributed by atoms with van der Waals surface area (Å²) < 4.78 is 10.8. The van der Waals surface area contributed by atoms with Crippen molar-refractivity contribution in [3.8, 4) is 5.75 Å². The van der Waals surface area contributed by atoms with Crippen molar-refractivity contribution < 1.29 is 19.4 Å². The van der Waals surface area contributed by atoms with Crippen LogP contribution in [0.3, 0.4) is 0 Å². The van der Waals surface area contributed by atoms with E-state index in [0.717, 1.165) is 11.3 Å². The predicted molar refractivity (Wildman–Crippen MR) is 84.1 cm³/mol. The summed E-state index contributed by atoms with van der Waals surface area (Å²) >= 11 is 0. The number of likely N-dealkylation sites (N-methyl/N-ethyl adjacent to an activating group) is 1. The predicted octanol–water partition coefficient (Wildman–Crippen LogP) is 2.57. The highest BCUT2D eigenvalue weighted by Crippen LogP contribution is 2.31. The summed E-state index contributed by atoms with van der Waals surface area (Å²) in [6, 6.07) is 6.64. The molecule has 1 aromatic carbocycles. The Morgan fingerprint density at radius 3 is 2.36 bits per heavy atom. The molecule has 1 aliphatic heterocycles. The summed E-state index contributed by atoms with van der Waals surface area (Å²) in [6.45, 7) is 8.10. The van der Waals surface area contributed by atoms with Crippen LogP contribution in [0.5, 0.6) is 5.75 Å². The Morgan fingerprint density at radius 1 is 1.36 bits per heavy atom. The molecule has 1 atom stereocenters. The van der Waals surface area contributed by atoms with Crippen LogP contribution in [0, 0.1) is 5.41 Å². The molecule has 0 bridgehead atoms. The number of carbonyl (C=O) groups is 1. The minimum absolute atomic E-state index is 0.0448. The molecule has 122 valence electrons. The van der Waals surface area contributed by atoms with Gasteiger partial charge in [-0.3, -0.25) is 9.69 Å². The molecule has 2 rings (SSSR count). The molecule has 0 amide bonds. The lowest BCUT2D eigenvalue weighted by Crippen LogP contribution is -2.49. The van der Waals surface area contributed by atoms with E-state index in [4.69, 9.17) is 9.47 Å². The molecule has 1 aromatic rings. The molecule has 22 heavy (non-hydrogen) atoms. The molecule has 0 spiro atoms. The van der Waals surface area contributed by atoms with E-state index in [1.54, 1.807) is 0 Å². The number of carboxylic acids is 1. The van der Waals surface area contributed by atoms with Crippen LogP contribution in [0.4, 0.5) is 0 Å². The van der Waals surface area contributed by atoms with Crippen LogP contribution in [-0.4, -0.2) is 48.9 Å². The molecule has 0 saturated carbocycles. The maximum atomic E-state index is 11.7. The molecule has 0 aromatic heterocycles. The van der Waals surface area contributed by atoms with E-state index in [9.17, 15) is 9.90 Å². The zero-order chi connectivity index (χ0) is 16.3. The molecule has 5 heteroatoms. The quantitative estimate of drug-likeness (QED) is 0.839. The zero-order valence-electron chi connectivity index (χ0n) is 13.7. The van der Waals surface area contributed by atoms with Crippen LogP contribution in [0.25, 0.3) is 0 Å². The fraction of sp³-hybridized carbons (Fsp3) is 0.588. The highest BCUT2D eigenvalue weighted by atomic mass is 16.5. The molecule has 0 radical (unpaired) electrons. The number of nitrogens with zero attached hydrogens (tertiary/aromatic N) is 1. The minimum atomic E-state index is -0.844. The summed E-state index contributed by atoms with van der Waals surface area (Å²) in [5.74, 6) is -0.0891. The number of hydrogen-bond acceptors (Lipinski definition) is 4. The molecule has 1 aliphatic rings. The van der Waals surface area contributed by atoms with E-state index in [1.807, 2.05) is 50.1 Å². The first-order valence-corrected chi connectivity index (χ1v) is 7.58.